The quantitative estimate of drug-likeness (QED) is 0.892. The number of amides is 1. The standard InChI is InChI=1S/C19H23NO3/c1-23-16-8-7-14-5-4-6-15(17(14)12-16)11-18(21)20-13-19(22)9-2-3-10-19/h4-8,12,22H,2-3,9-11,13H2,1H3,(H,20,21). The van der Waals surface area contributed by atoms with Crippen LogP contribution in [0.25, 0.3) is 10.8 Å². The molecule has 1 amide bonds. The van der Waals surface area contributed by atoms with Crippen LogP contribution in [0, 0.1) is 0 Å². The third kappa shape index (κ3) is 3.64. The lowest BCUT2D eigenvalue weighted by atomic mass is 10.0. The number of fused-ring (bicyclic) bond motifs is 1. The van der Waals surface area contributed by atoms with Gasteiger partial charge >= 0.3 is 0 Å². The predicted octanol–water partition coefficient (Wildman–Crippen LogP) is 2.81. The number of ether oxygens (including phenoxy) is 1. The van der Waals surface area contributed by atoms with Crippen molar-refractivity contribution in [2.75, 3.05) is 13.7 Å². The molecule has 2 aromatic carbocycles. The Bertz CT molecular complexity index is 705. The fourth-order valence-corrected chi connectivity index (χ4v) is 3.31. The van der Waals surface area contributed by atoms with Crippen LogP contribution in [-0.4, -0.2) is 30.3 Å². The lowest BCUT2D eigenvalue weighted by Crippen LogP contribution is -2.41. The Hall–Kier alpha value is -2.07. The van der Waals surface area contributed by atoms with E-state index in [0.29, 0.717) is 13.0 Å². The number of aliphatic hydroxyl groups is 1. The molecule has 4 heteroatoms. The monoisotopic (exact) mass is 313 g/mol. The zero-order valence-electron chi connectivity index (χ0n) is 13.5. The summed E-state index contributed by atoms with van der Waals surface area (Å²) in [7, 11) is 1.64. The lowest BCUT2D eigenvalue weighted by molar-refractivity contribution is -0.121. The molecular formula is C19H23NO3. The summed E-state index contributed by atoms with van der Waals surface area (Å²) in [6.45, 7) is 0.347. The number of rotatable bonds is 5. The molecule has 1 aliphatic carbocycles. The Kier molecular flexibility index (Phi) is 4.53. The third-order valence-electron chi connectivity index (χ3n) is 4.68. The van der Waals surface area contributed by atoms with Crippen LogP contribution in [0.15, 0.2) is 36.4 Å². The topological polar surface area (TPSA) is 58.6 Å². The van der Waals surface area contributed by atoms with E-state index in [1.807, 2.05) is 36.4 Å². The summed E-state index contributed by atoms with van der Waals surface area (Å²) in [6, 6.07) is 11.8. The fourth-order valence-electron chi connectivity index (χ4n) is 3.31. The van der Waals surface area contributed by atoms with E-state index in [-0.39, 0.29) is 5.91 Å². The minimum atomic E-state index is -0.711. The molecule has 0 radical (unpaired) electrons. The van der Waals surface area contributed by atoms with Crippen LogP contribution in [0.2, 0.25) is 0 Å². The van der Waals surface area contributed by atoms with E-state index < -0.39 is 5.60 Å². The predicted molar refractivity (Wildman–Crippen MR) is 90.6 cm³/mol. The van der Waals surface area contributed by atoms with Crippen LogP contribution in [0.3, 0.4) is 0 Å². The Morgan fingerprint density at radius 2 is 2.04 bits per heavy atom. The average Bonchev–Trinajstić information content (AvgIpc) is 3.00. The maximum absolute atomic E-state index is 12.3. The zero-order chi connectivity index (χ0) is 16.3. The summed E-state index contributed by atoms with van der Waals surface area (Å²) in [4.78, 5) is 12.3. The second-order valence-electron chi connectivity index (χ2n) is 6.39. The van der Waals surface area contributed by atoms with Crippen LogP contribution in [0.5, 0.6) is 5.75 Å². The summed E-state index contributed by atoms with van der Waals surface area (Å²) in [5, 5.41) is 15.3. The molecule has 2 aromatic rings. The van der Waals surface area contributed by atoms with E-state index in [2.05, 4.69) is 5.32 Å². The molecule has 0 aromatic heterocycles. The van der Waals surface area contributed by atoms with Crippen molar-refractivity contribution in [2.45, 2.75) is 37.7 Å². The van der Waals surface area contributed by atoms with Gasteiger partial charge in [-0.15, -0.1) is 0 Å². The summed E-state index contributed by atoms with van der Waals surface area (Å²) in [5.41, 5.74) is 0.259. The number of methoxy groups -OCH3 is 1. The molecule has 1 aliphatic rings. The molecule has 0 spiro atoms. The number of carbonyl (C=O) groups excluding carboxylic acids is 1. The summed E-state index contributed by atoms with van der Waals surface area (Å²) >= 11 is 0. The largest absolute Gasteiger partial charge is 0.497 e. The SMILES string of the molecule is COc1ccc2cccc(CC(=O)NCC3(O)CCCC3)c2c1. The molecule has 0 atom stereocenters. The zero-order valence-corrected chi connectivity index (χ0v) is 13.5. The van der Waals surface area contributed by atoms with E-state index in [0.717, 1.165) is 47.8 Å². The summed E-state index contributed by atoms with van der Waals surface area (Å²) in [6.07, 6.45) is 3.93. The molecule has 0 bridgehead atoms. The van der Waals surface area contributed by atoms with Crippen molar-refractivity contribution in [1.29, 1.82) is 0 Å². The van der Waals surface area contributed by atoms with Gasteiger partial charge < -0.3 is 15.2 Å². The van der Waals surface area contributed by atoms with Crippen molar-refractivity contribution in [3.8, 4) is 5.75 Å². The maximum atomic E-state index is 12.3. The number of carbonyl (C=O) groups is 1. The van der Waals surface area contributed by atoms with Crippen molar-refractivity contribution >= 4 is 16.7 Å². The highest BCUT2D eigenvalue weighted by atomic mass is 16.5. The van der Waals surface area contributed by atoms with E-state index >= 15 is 0 Å². The van der Waals surface area contributed by atoms with E-state index in [9.17, 15) is 9.90 Å². The minimum Gasteiger partial charge on any atom is -0.497 e. The second kappa shape index (κ2) is 6.59. The fraction of sp³-hybridized carbons (Fsp3) is 0.421. The number of hydrogen-bond acceptors (Lipinski definition) is 3. The van der Waals surface area contributed by atoms with Crippen LogP contribution in [0.4, 0.5) is 0 Å². The Balaban J connectivity index is 1.71. The molecule has 0 aliphatic heterocycles. The van der Waals surface area contributed by atoms with E-state index in [1.165, 1.54) is 0 Å². The highest BCUT2D eigenvalue weighted by molar-refractivity contribution is 5.91. The van der Waals surface area contributed by atoms with Gasteiger partial charge in [-0.1, -0.05) is 37.1 Å². The molecule has 0 saturated heterocycles. The smallest absolute Gasteiger partial charge is 0.224 e. The summed E-state index contributed by atoms with van der Waals surface area (Å²) in [5.74, 6) is 0.728. The van der Waals surface area contributed by atoms with Gasteiger partial charge in [0.15, 0.2) is 0 Å². The highest BCUT2D eigenvalue weighted by Gasteiger charge is 2.31. The molecule has 1 fully saturated rings. The molecule has 0 heterocycles. The van der Waals surface area contributed by atoms with Gasteiger partial charge in [0, 0.05) is 6.54 Å². The molecule has 1 saturated carbocycles. The molecule has 3 rings (SSSR count). The molecule has 0 unspecified atom stereocenters. The lowest BCUT2D eigenvalue weighted by Gasteiger charge is -2.22. The molecular weight excluding hydrogens is 290 g/mol. The first kappa shape index (κ1) is 15.8. The van der Waals surface area contributed by atoms with Crippen molar-refractivity contribution in [1.82, 2.24) is 5.32 Å². The van der Waals surface area contributed by atoms with Crippen LogP contribution in [-0.2, 0) is 11.2 Å². The number of hydrogen-bond donors (Lipinski definition) is 2. The Morgan fingerprint density at radius 1 is 1.26 bits per heavy atom. The van der Waals surface area contributed by atoms with Gasteiger partial charge in [-0.05, 0) is 41.3 Å². The second-order valence-corrected chi connectivity index (χ2v) is 6.39. The van der Waals surface area contributed by atoms with Gasteiger partial charge in [0.2, 0.25) is 5.91 Å². The minimum absolute atomic E-state index is 0.0550. The first-order valence-corrected chi connectivity index (χ1v) is 8.14. The van der Waals surface area contributed by atoms with Gasteiger partial charge in [0.25, 0.3) is 0 Å². The maximum Gasteiger partial charge on any atom is 0.224 e. The first-order valence-electron chi connectivity index (χ1n) is 8.14. The van der Waals surface area contributed by atoms with Crippen molar-refractivity contribution in [3.63, 3.8) is 0 Å². The molecule has 23 heavy (non-hydrogen) atoms. The van der Waals surface area contributed by atoms with Gasteiger partial charge in [0.1, 0.15) is 5.75 Å². The van der Waals surface area contributed by atoms with Crippen LogP contribution >= 0.6 is 0 Å². The summed E-state index contributed by atoms with van der Waals surface area (Å²) < 4.78 is 5.28. The van der Waals surface area contributed by atoms with E-state index in [1.54, 1.807) is 7.11 Å². The first-order chi connectivity index (χ1) is 11.1. The Labute approximate surface area is 136 Å². The van der Waals surface area contributed by atoms with Gasteiger partial charge in [0.05, 0.1) is 19.1 Å². The number of benzene rings is 2. The molecule has 122 valence electrons. The molecule has 4 nitrogen and oxygen atoms in total. The molecule has 2 N–H and O–H groups in total. The van der Waals surface area contributed by atoms with Crippen molar-refractivity contribution in [3.05, 3.63) is 42.0 Å². The van der Waals surface area contributed by atoms with Crippen LogP contribution in [0.1, 0.15) is 31.2 Å². The van der Waals surface area contributed by atoms with Crippen molar-refractivity contribution < 1.29 is 14.6 Å². The van der Waals surface area contributed by atoms with Crippen molar-refractivity contribution in [2.24, 2.45) is 0 Å². The highest BCUT2D eigenvalue weighted by Crippen LogP contribution is 2.28. The normalized spacial score (nSPS) is 16.4. The third-order valence-corrected chi connectivity index (χ3v) is 4.68. The van der Waals surface area contributed by atoms with Gasteiger partial charge in [-0.3, -0.25) is 4.79 Å². The van der Waals surface area contributed by atoms with E-state index in [4.69, 9.17) is 4.74 Å². The van der Waals surface area contributed by atoms with Crippen LogP contribution < -0.4 is 10.1 Å². The van der Waals surface area contributed by atoms with Gasteiger partial charge in [-0.2, -0.15) is 0 Å². The number of nitrogens with one attached hydrogen (secondary N) is 1. The Morgan fingerprint density at radius 3 is 2.78 bits per heavy atom. The average molecular weight is 313 g/mol. The van der Waals surface area contributed by atoms with Gasteiger partial charge in [-0.25, -0.2) is 0 Å².